The summed E-state index contributed by atoms with van der Waals surface area (Å²) < 4.78 is 4.99. The molecule has 0 aliphatic rings. The second kappa shape index (κ2) is 28.2. The molecule has 4 atom stereocenters. The molecule has 17 heteroatoms. The van der Waals surface area contributed by atoms with Crippen molar-refractivity contribution in [2.45, 2.75) is 116 Å². The maximum atomic E-state index is 12.1. The van der Waals surface area contributed by atoms with Crippen LogP contribution < -0.4 is 39.3 Å². The molecule has 0 saturated heterocycles. The van der Waals surface area contributed by atoms with Gasteiger partial charge in [-0.15, -0.1) is 0 Å². The van der Waals surface area contributed by atoms with Crippen molar-refractivity contribution in [2.75, 3.05) is 13.1 Å². The minimum Gasteiger partial charge on any atom is -0.480 e. The fourth-order valence-electron chi connectivity index (χ4n) is 4.93. The zero-order valence-electron chi connectivity index (χ0n) is 33.0. The minimum absolute atomic E-state index is 0.107. The number of hydrogen-bond donors (Lipinski definition) is 8. The van der Waals surface area contributed by atoms with E-state index in [0.717, 1.165) is 25.7 Å². The predicted molar refractivity (Wildman–Crippen MR) is 216 cm³/mol. The first-order chi connectivity index (χ1) is 25.8. The lowest BCUT2D eigenvalue weighted by atomic mass is 9.92. The Bertz CT molecular complexity index is 1450. The highest BCUT2D eigenvalue weighted by Gasteiger charge is 2.23. The number of carboxylic acids is 1. The van der Waals surface area contributed by atoms with E-state index in [9.17, 15) is 24.5 Å². The highest BCUT2D eigenvalue weighted by atomic mass is 16.7. The molecule has 1 amide bonds. The van der Waals surface area contributed by atoms with E-state index >= 15 is 0 Å². The Kier molecular flexibility index (Phi) is 25.5. The number of amides is 1. The average Bonchev–Trinajstić information content (AvgIpc) is 3.07. The van der Waals surface area contributed by atoms with Crippen molar-refractivity contribution < 1.29 is 29.3 Å². The lowest BCUT2D eigenvalue weighted by Gasteiger charge is -2.22. The number of aliphatic imine (C=N–C) groups is 1. The third kappa shape index (κ3) is 29.8. The molecule has 0 aliphatic heterocycles. The van der Waals surface area contributed by atoms with E-state index in [4.69, 9.17) is 38.5 Å². The van der Waals surface area contributed by atoms with E-state index in [1.165, 1.54) is 11.1 Å². The first kappa shape index (κ1) is 49.7. The summed E-state index contributed by atoms with van der Waals surface area (Å²) in [6, 6.07) is 19.3. The van der Waals surface area contributed by atoms with Gasteiger partial charge in [-0.1, -0.05) is 67.6 Å². The van der Waals surface area contributed by atoms with Gasteiger partial charge < -0.3 is 49.1 Å². The largest absolute Gasteiger partial charge is 0.480 e. The second-order valence-electron chi connectivity index (χ2n) is 14.2. The first-order valence-electron chi connectivity index (χ1n) is 18.4. The summed E-state index contributed by atoms with van der Waals surface area (Å²) in [5.41, 5.74) is 29.2. The Labute approximate surface area is 325 Å². The Morgan fingerprint density at radius 2 is 1.42 bits per heavy atom. The molecular weight excluding hydrogens is 708 g/mol. The summed E-state index contributed by atoms with van der Waals surface area (Å²) in [6.07, 6.45) is 5.13. The van der Waals surface area contributed by atoms with E-state index in [-0.39, 0.29) is 36.2 Å². The van der Waals surface area contributed by atoms with E-state index in [1.807, 2.05) is 43.3 Å². The number of ketones is 1. The smallest absolute Gasteiger partial charge is 0.408 e. The highest BCUT2D eigenvalue weighted by Crippen LogP contribution is 2.14. The summed E-state index contributed by atoms with van der Waals surface area (Å²) in [5, 5.41) is 25.8. The maximum absolute atomic E-state index is 12.1. The van der Waals surface area contributed by atoms with Crippen LogP contribution in [0, 0.1) is 16.0 Å². The normalized spacial score (nSPS) is 13.2. The molecule has 55 heavy (non-hydrogen) atoms. The van der Waals surface area contributed by atoms with Gasteiger partial charge in [0.1, 0.15) is 22.5 Å². The van der Waals surface area contributed by atoms with Crippen molar-refractivity contribution in [1.29, 1.82) is 0 Å². The van der Waals surface area contributed by atoms with Crippen molar-refractivity contribution in [3.8, 4) is 0 Å². The van der Waals surface area contributed by atoms with Crippen LogP contribution in [-0.4, -0.2) is 76.7 Å². The molecule has 0 aromatic heterocycles. The van der Waals surface area contributed by atoms with Gasteiger partial charge in [-0.2, -0.15) is 0 Å². The van der Waals surface area contributed by atoms with Crippen molar-refractivity contribution in [1.82, 2.24) is 10.6 Å². The van der Waals surface area contributed by atoms with Gasteiger partial charge >= 0.3 is 12.1 Å². The third-order valence-corrected chi connectivity index (χ3v) is 7.41. The predicted octanol–water partition coefficient (Wildman–Crippen LogP) is 3.40. The standard InChI is InChI=1S/C17H28N4O.C12H23N5O6.C9H13N/c1-13(11-14-7-3-2-4-8-14)12-16(22)15(18)9-5-6-10-21-17(19)20;1-12(2,3)23-11(20)15-8(9(18)19)6-4-5-7-14-10(13)16-17(21)22;1-8(10)7-9-5-3-2-4-6-9/h2-4,7-8,13,15H,5-6,9-12,18H2,1H3,(H4,19,20,21);8H,4-7H2,1-3H3,(H,15,20)(H,18,19)(H3,13,14,16);2-6,8H,7,10H2,1H3/t13-,15?;;8-/m1.1/s1. The molecule has 0 heterocycles. The van der Waals surface area contributed by atoms with Crippen LogP contribution in [0.3, 0.4) is 0 Å². The molecule has 308 valence electrons. The van der Waals surface area contributed by atoms with E-state index in [1.54, 1.807) is 20.8 Å². The number of alkyl carbamates (subject to hydrolysis) is 1. The minimum atomic E-state index is -1.17. The highest BCUT2D eigenvalue weighted by molar-refractivity contribution is 5.84. The van der Waals surface area contributed by atoms with Gasteiger partial charge in [0.05, 0.1) is 6.04 Å². The average molecular weight is 773 g/mol. The van der Waals surface area contributed by atoms with Crippen LogP contribution in [0.4, 0.5) is 4.79 Å². The van der Waals surface area contributed by atoms with Gasteiger partial charge in [0.25, 0.3) is 5.96 Å². The van der Waals surface area contributed by atoms with Crippen LogP contribution in [0.25, 0.3) is 0 Å². The quantitative estimate of drug-likeness (QED) is 0.0315. The molecule has 13 N–H and O–H groups in total. The number of hydrazone groups is 1. The van der Waals surface area contributed by atoms with Gasteiger partial charge in [-0.3, -0.25) is 9.79 Å². The lowest BCUT2D eigenvalue weighted by Crippen LogP contribution is -2.43. The maximum Gasteiger partial charge on any atom is 0.408 e. The topological polar surface area (TPSA) is 303 Å². The van der Waals surface area contributed by atoms with Crippen LogP contribution in [-0.2, 0) is 27.2 Å². The van der Waals surface area contributed by atoms with Crippen LogP contribution in [0.5, 0.6) is 0 Å². The number of benzene rings is 2. The van der Waals surface area contributed by atoms with Crippen LogP contribution >= 0.6 is 0 Å². The van der Waals surface area contributed by atoms with Gasteiger partial charge in [0.15, 0.2) is 11.0 Å². The summed E-state index contributed by atoms with van der Waals surface area (Å²) in [4.78, 5) is 48.7. The van der Waals surface area contributed by atoms with Crippen molar-refractivity contribution in [3.05, 3.63) is 81.9 Å². The molecule has 0 bridgehead atoms. The van der Waals surface area contributed by atoms with E-state index < -0.39 is 28.7 Å². The number of guanidine groups is 2. The number of carbonyl (C=O) groups excluding carboxylic acids is 2. The number of carbonyl (C=O) groups is 3. The van der Waals surface area contributed by atoms with Crippen LogP contribution in [0.15, 0.2) is 70.8 Å². The molecule has 0 fully saturated rings. The third-order valence-electron chi connectivity index (χ3n) is 7.41. The SMILES string of the molecule is CC(C)(C)OC(=O)NC(CCCCN/C(N)=N/[N+](=O)[O-])C(=O)O.C[C@@H](CC(=O)C(N)CCCCN=C(N)N)Cc1ccccc1.C[C@@H](N)Cc1ccccc1. The Morgan fingerprint density at radius 3 is 1.91 bits per heavy atom. The molecule has 2 rings (SSSR count). The summed E-state index contributed by atoms with van der Waals surface area (Å²) in [6.45, 7) is 10.0. The van der Waals surface area contributed by atoms with Gasteiger partial charge in [0.2, 0.25) is 0 Å². The van der Waals surface area contributed by atoms with Crippen molar-refractivity contribution >= 4 is 29.8 Å². The van der Waals surface area contributed by atoms with E-state index in [0.29, 0.717) is 44.7 Å². The number of Topliss-reactive ketones (excluding diaryl/α,β-unsaturated/α-hetero) is 1. The number of nitrogens with two attached hydrogens (primary N) is 5. The number of carboxylic acid groups (broad SMARTS) is 1. The Hall–Kier alpha value is -5.29. The van der Waals surface area contributed by atoms with Crippen molar-refractivity contribution in [3.63, 3.8) is 0 Å². The number of rotatable bonds is 20. The number of ether oxygens (including phenoxy) is 1. The molecule has 2 aromatic rings. The zero-order chi connectivity index (χ0) is 41.8. The summed E-state index contributed by atoms with van der Waals surface area (Å²) in [7, 11) is 0. The number of nitrogens with zero attached hydrogens (tertiary/aromatic N) is 3. The molecule has 2 unspecified atom stereocenters. The van der Waals surface area contributed by atoms with E-state index in [2.05, 4.69) is 51.9 Å². The number of nitro groups is 1. The number of hydrogen-bond acceptors (Lipinski definition) is 9. The fourth-order valence-corrected chi connectivity index (χ4v) is 4.93. The lowest BCUT2D eigenvalue weighted by molar-refractivity contribution is -0.485. The monoisotopic (exact) mass is 772 g/mol. The molecule has 0 saturated carbocycles. The molecule has 2 aromatic carbocycles. The van der Waals surface area contributed by atoms with Gasteiger partial charge in [0, 0.05) is 25.6 Å². The van der Waals surface area contributed by atoms with Crippen molar-refractivity contribution in [2.24, 2.45) is 44.7 Å². The Morgan fingerprint density at radius 1 is 0.873 bits per heavy atom. The van der Waals surface area contributed by atoms with Gasteiger partial charge in [-0.25, -0.2) is 19.7 Å². The van der Waals surface area contributed by atoms with Crippen LogP contribution in [0.2, 0.25) is 0 Å². The Balaban J connectivity index is 0.000000851. The molecule has 0 spiro atoms. The number of nitrogens with one attached hydrogen (secondary N) is 2. The molecule has 0 aliphatic carbocycles. The number of aliphatic carboxylic acids is 1. The number of unbranched alkanes of at least 4 members (excludes halogenated alkanes) is 2. The fraction of sp³-hybridized carbons (Fsp3) is 0.553. The summed E-state index contributed by atoms with van der Waals surface area (Å²) in [5.74, 6) is -0.933. The molecule has 0 radical (unpaired) electrons. The second-order valence-corrected chi connectivity index (χ2v) is 14.2. The van der Waals surface area contributed by atoms with Gasteiger partial charge in [-0.05, 0) is 96.1 Å². The molecular formula is C38H64N10O7. The summed E-state index contributed by atoms with van der Waals surface area (Å²) >= 11 is 0. The zero-order valence-corrected chi connectivity index (χ0v) is 33.0. The van der Waals surface area contributed by atoms with Crippen LogP contribution in [0.1, 0.15) is 90.7 Å². The first-order valence-corrected chi connectivity index (χ1v) is 18.4. The molecule has 17 nitrogen and oxygen atoms in total.